The molecule has 6 heteroatoms. The van der Waals surface area contributed by atoms with Crippen LogP contribution >= 0.6 is 0 Å². The molecule has 1 aromatic carbocycles. The average molecular weight is 273 g/mol. The molecule has 2 rings (SSSR count). The Morgan fingerprint density at radius 3 is 2.80 bits per heavy atom. The lowest BCUT2D eigenvalue weighted by atomic mass is 10.1. The highest BCUT2D eigenvalue weighted by Gasteiger charge is 2.10. The molecule has 20 heavy (non-hydrogen) atoms. The predicted molar refractivity (Wildman–Crippen MR) is 73.3 cm³/mol. The van der Waals surface area contributed by atoms with Crippen LogP contribution in [0, 0.1) is 0 Å². The van der Waals surface area contributed by atoms with Gasteiger partial charge in [-0.25, -0.2) is 9.78 Å². The van der Waals surface area contributed by atoms with Gasteiger partial charge in [-0.2, -0.15) is 0 Å². The van der Waals surface area contributed by atoms with Gasteiger partial charge in [-0.3, -0.25) is 4.98 Å². The van der Waals surface area contributed by atoms with Gasteiger partial charge >= 0.3 is 5.97 Å². The summed E-state index contributed by atoms with van der Waals surface area (Å²) in [6.45, 7) is 0.267. The van der Waals surface area contributed by atoms with Gasteiger partial charge < -0.3 is 15.2 Å². The summed E-state index contributed by atoms with van der Waals surface area (Å²) in [5, 5.41) is 12.9. The number of benzene rings is 1. The van der Waals surface area contributed by atoms with Crippen molar-refractivity contribution < 1.29 is 14.6 Å². The first-order chi connectivity index (χ1) is 9.70. The van der Waals surface area contributed by atoms with Crippen molar-refractivity contribution in [2.24, 2.45) is 0 Å². The standard InChI is InChI=1S/C14H15N3O3/c1-20-14(19)11-7-15-9-13(17-11)16-8-12(18)10-5-3-2-4-6-10/h2-7,9,12,18H,8H2,1H3,(H,16,17). The Bertz CT molecular complexity index is 575. The third-order valence-electron chi connectivity index (χ3n) is 2.69. The number of methoxy groups -OCH3 is 1. The van der Waals surface area contributed by atoms with Gasteiger partial charge in [-0.1, -0.05) is 30.3 Å². The summed E-state index contributed by atoms with van der Waals surface area (Å²) in [5.74, 6) is -0.146. The second-order valence-corrected chi connectivity index (χ2v) is 4.09. The Labute approximate surface area is 116 Å². The number of anilines is 1. The van der Waals surface area contributed by atoms with E-state index in [4.69, 9.17) is 0 Å². The van der Waals surface area contributed by atoms with E-state index in [-0.39, 0.29) is 12.2 Å². The summed E-state index contributed by atoms with van der Waals surface area (Å²) in [6, 6.07) is 9.27. The number of aliphatic hydroxyl groups excluding tert-OH is 1. The molecular weight excluding hydrogens is 258 g/mol. The molecule has 0 spiro atoms. The summed E-state index contributed by atoms with van der Waals surface area (Å²) < 4.78 is 4.57. The SMILES string of the molecule is COC(=O)c1cncc(NCC(O)c2ccccc2)n1. The van der Waals surface area contributed by atoms with Crippen molar-refractivity contribution in [2.45, 2.75) is 6.10 Å². The van der Waals surface area contributed by atoms with Crippen LogP contribution in [0.1, 0.15) is 22.2 Å². The molecule has 1 heterocycles. The lowest BCUT2D eigenvalue weighted by molar-refractivity contribution is 0.0593. The Kier molecular flexibility index (Phi) is 4.62. The summed E-state index contributed by atoms with van der Waals surface area (Å²) in [4.78, 5) is 19.3. The van der Waals surface area contributed by atoms with Gasteiger partial charge in [0, 0.05) is 6.54 Å². The Morgan fingerprint density at radius 1 is 1.35 bits per heavy atom. The minimum absolute atomic E-state index is 0.117. The highest BCUT2D eigenvalue weighted by atomic mass is 16.5. The molecular formula is C14H15N3O3. The third kappa shape index (κ3) is 3.52. The minimum Gasteiger partial charge on any atom is -0.464 e. The second-order valence-electron chi connectivity index (χ2n) is 4.09. The number of carbonyl (C=O) groups is 1. The van der Waals surface area contributed by atoms with E-state index >= 15 is 0 Å². The zero-order valence-corrected chi connectivity index (χ0v) is 11.0. The van der Waals surface area contributed by atoms with Crippen LogP contribution < -0.4 is 5.32 Å². The molecule has 0 fully saturated rings. The van der Waals surface area contributed by atoms with Crippen molar-refractivity contribution >= 4 is 11.8 Å². The van der Waals surface area contributed by atoms with Crippen LogP contribution in [0.5, 0.6) is 0 Å². The largest absolute Gasteiger partial charge is 0.464 e. The van der Waals surface area contributed by atoms with E-state index in [9.17, 15) is 9.90 Å². The van der Waals surface area contributed by atoms with Gasteiger partial charge in [0.25, 0.3) is 0 Å². The summed E-state index contributed by atoms with van der Waals surface area (Å²) in [7, 11) is 1.28. The lowest BCUT2D eigenvalue weighted by Gasteiger charge is -2.12. The van der Waals surface area contributed by atoms with Gasteiger partial charge in [0.1, 0.15) is 5.82 Å². The van der Waals surface area contributed by atoms with Crippen LogP contribution in [0.15, 0.2) is 42.7 Å². The molecule has 1 aromatic heterocycles. The molecule has 0 saturated heterocycles. The molecule has 2 aromatic rings. The molecule has 1 unspecified atom stereocenters. The van der Waals surface area contributed by atoms with Crippen molar-refractivity contribution in [2.75, 3.05) is 19.0 Å². The van der Waals surface area contributed by atoms with Crippen LogP contribution in [-0.2, 0) is 4.74 Å². The minimum atomic E-state index is -0.667. The molecule has 1 atom stereocenters. The van der Waals surface area contributed by atoms with Crippen LogP contribution in [0.4, 0.5) is 5.82 Å². The molecule has 0 aliphatic carbocycles. The van der Waals surface area contributed by atoms with E-state index in [0.29, 0.717) is 5.82 Å². The smallest absolute Gasteiger partial charge is 0.358 e. The molecule has 6 nitrogen and oxygen atoms in total. The van der Waals surface area contributed by atoms with Crippen LogP contribution in [-0.4, -0.2) is 34.7 Å². The number of aliphatic hydroxyl groups is 1. The molecule has 104 valence electrons. The number of hydrogen-bond donors (Lipinski definition) is 2. The fourth-order valence-corrected chi connectivity index (χ4v) is 1.65. The number of rotatable bonds is 5. The zero-order valence-electron chi connectivity index (χ0n) is 11.0. The number of hydrogen-bond acceptors (Lipinski definition) is 6. The van der Waals surface area contributed by atoms with E-state index in [0.717, 1.165) is 5.56 Å². The fraction of sp³-hybridized carbons (Fsp3) is 0.214. The molecule has 2 N–H and O–H groups in total. The van der Waals surface area contributed by atoms with Crippen molar-refractivity contribution in [3.8, 4) is 0 Å². The van der Waals surface area contributed by atoms with Crippen molar-refractivity contribution in [3.05, 3.63) is 54.0 Å². The predicted octanol–water partition coefficient (Wildman–Crippen LogP) is 1.41. The van der Waals surface area contributed by atoms with Crippen molar-refractivity contribution in [1.82, 2.24) is 9.97 Å². The first-order valence-corrected chi connectivity index (χ1v) is 6.08. The van der Waals surface area contributed by atoms with Gasteiger partial charge in [0.15, 0.2) is 5.69 Å². The highest BCUT2D eigenvalue weighted by molar-refractivity contribution is 5.87. The van der Waals surface area contributed by atoms with E-state index in [2.05, 4.69) is 20.0 Å². The number of carbonyl (C=O) groups excluding carboxylic acids is 1. The first-order valence-electron chi connectivity index (χ1n) is 6.08. The van der Waals surface area contributed by atoms with Gasteiger partial charge in [-0.15, -0.1) is 0 Å². The maximum absolute atomic E-state index is 11.3. The molecule has 0 aliphatic heterocycles. The highest BCUT2D eigenvalue weighted by Crippen LogP contribution is 2.13. The first kappa shape index (κ1) is 14.0. The Hall–Kier alpha value is -2.47. The number of aromatic nitrogens is 2. The fourth-order valence-electron chi connectivity index (χ4n) is 1.65. The molecule has 0 saturated carbocycles. The Balaban J connectivity index is 1.99. The summed E-state index contributed by atoms with van der Waals surface area (Å²) in [5.41, 5.74) is 0.920. The van der Waals surface area contributed by atoms with Gasteiger partial charge in [-0.05, 0) is 5.56 Å². The number of nitrogens with one attached hydrogen (secondary N) is 1. The quantitative estimate of drug-likeness (QED) is 0.801. The third-order valence-corrected chi connectivity index (χ3v) is 2.69. The van der Waals surface area contributed by atoms with Gasteiger partial charge in [0.05, 0.1) is 25.6 Å². The van der Waals surface area contributed by atoms with Crippen LogP contribution in [0.3, 0.4) is 0 Å². The van der Waals surface area contributed by atoms with Crippen molar-refractivity contribution in [1.29, 1.82) is 0 Å². The summed E-state index contributed by atoms with van der Waals surface area (Å²) in [6.07, 6.45) is 2.13. The molecule has 0 amide bonds. The molecule has 0 radical (unpaired) electrons. The van der Waals surface area contributed by atoms with Gasteiger partial charge in [0.2, 0.25) is 0 Å². The van der Waals surface area contributed by atoms with E-state index in [1.54, 1.807) is 0 Å². The number of nitrogens with zero attached hydrogens (tertiary/aromatic N) is 2. The van der Waals surface area contributed by atoms with E-state index in [1.165, 1.54) is 19.5 Å². The lowest BCUT2D eigenvalue weighted by Crippen LogP contribution is -2.14. The van der Waals surface area contributed by atoms with E-state index < -0.39 is 12.1 Å². The summed E-state index contributed by atoms with van der Waals surface area (Å²) >= 11 is 0. The second kappa shape index (κ2) is 6.63. The number of ether oxygens (including phenoxy) is 1. The maximum Gasteiger partial charge on any atom is 0.358 e. The zero-order chi connectivity index (χ0) is 14.4. The van der Waals surface area contributed by atoms with Crippen LogP contribution in [0.2, 0.25) is 0 Å². The molecule has 0 aliphatic rings. The Morgan fingerprint density at radius 2 is 2.10 bits per heavy atom. The normalized spacial score (nSPS) is 11.7. The average Bonchev–Trinajstić information content (AvgIpc) is 2.53. The van der Waals surface area contributed by atoms with E-state index in [1.807, 2.05) is 30.3 Å². The van der Waals surface area contributed by atoms with Crippen molar-refractivity contribution in [3.63, 3.8) is 0 Å². The maximum atomic E-state index is 11.3. The van der Waals surface area contributed by atoms with Crippen LogP contribution in [0.25, 0.3) is 0 Å². The number of esters is 1. The molecule has 0 bridgehead atoms. The topological polar surface area (TPSA) is 84.3 Å². The monoisotopic (exact) mass is 273 g/mol.